The molecule has 23 heteroatoms. The molecule has 0 saturated carbocycles. The van der Waals surface area contributed by atoms with E-state index in [1.807, 2.05) is 0 Å². The van der Waals surface area contributed by atoms with Crippen LogP contribution in [0.25, 0.3) is 0 Å². The average molecular weight is 1110 g/mol. The van der Waals surface area contributed by atoms with E-state index < -0.39 is 31.3 Å². The normalized spacial score (nSPS) is 10.3. The summed E-state index contributed by atoms with van der Waals surface area (Å²) >= 11 is 0. The van der Waals surface area contributed by atoms with Gasteiger partial charge in [-0.2, -0.15) is 31.3 Å². The Hall–Kier alpha value is 3.40. The fourth-order valence-electron chi connectivity index (χ4n) is 0. The molecule has 0 aromatic carbocycles. The van der Waals surface area contributed by atoms with Crippen LogP contribution in [0.2, 0.25) is 0 Å². The monoisotopic (exact) mass is 1090 g/mol. The molecule has 0 aliphatic carbocycles. The first kappa shape index (κ1) is 45.3. The smallest absolute Gasteiger partial charge is 0.822 e. The summed E-state index contributed by atoms with van der Waals surface area (Å²) < 4.78 is 34.2. The fraction of sp³-hybridized carbons (Fsp3) is 0. The van der Waals surface area contributed by atoms with Crippen LogP contribution in [0.15, 0.2) is 0 Å². The van der Waals surface area contributed by atoms with Crippen molar-refractivity contribution in [1.82, 2.24) is 0 Å². The van der Waals surface area contributed by atoms with E-state index in [0.717, 1.165) is 0 Å². The van der Waals surface area contributed by atoms with Crippen molar-refractivity contribution in [3.05, 3.63) is 0 Å². The molecule has 23 heavy (non-hydrogen) atoms. The second kappa shape index (κ2) is 20.1. The molecule has 0 aromatic rings. The molecule has 0 bridgehead atoms. The maximum Gasteiger partial charge on any atom is 4.00 e. The van der Waals surface area contributed by atoms with Crippen molar-refractivity contribution >= 4 is 31.3 Å². The van der Waals surface area contributed by atoms with E-state index >= 15 is 0 Å². The number of phosphoric acid groups is 4. The van der Waals surface area contributed by atoms with Gasteiger partial charge in [0.25, 0.3) is 0 Å². The van der Waals surface area contributed by atoms with Crippen molar-refractivity contribution in [3.8, 4) is 0 Å². The summed E-state index contributed by atoms with van der Waals surface area (Å²) in [6, 6.07) is 0. The van der Waals surface area contributed by atoms with Gasteiger partial charge in [0.2, 0.25) is 0 Å². The molecule has 0 aliphatic heterocycles. The van der Waals surface area contributed by atoms with Gasteiger partial charge < -0.3 is 77.0 Å². The van der Waals surface area contributed by atoms with E-state index in [1.165, 1.54) is 0 Å². The van der Waals surface area contributed by atoms with Crippen LogP contribution >= 0.6 is 31.3 Å². The van der Waals surface area contributed by atoms with Gasteiger partial charge in [-0.3, -0.25) is 0 Å². The molecule has 0 amide bonds. The van der Waals surface area contributed by atoms with Crippen LogP contribution in [0, 0.1) is 87.5 Å². The first-order valence-corrected chi connectivity index (χ1v) is 8.76. The minimum absolute atomic E-state index is 0. The molecule has 16 nitrogen and oxygen atoms in total. The Morgan fingerprint density at radius 2 is 0.304 bits per heavy atom. The van der Waals surface area contributed by atoms with E-state index in [-0.39, 0.29) is 87.5 Å². The SMILES string of the molecule is O=P([O-])([O-])[O-].O=P([O-])([O-])[O-].O=P([O-])([O-])[O-].O=P([O-])([O-])[O-].[Pu+4].[Pu+4].[Pu+4]. The first-order chi connectivity index (χ1) is 8.00. The number of hydrogen-bond donors (Lipinski definition) is 0. The van der Waals surface area contributed by atoms with Gasteiger partial charge in [-0.25, -0.2) is 0 Å². The van der Waals surface area contributed by atoms with E-state index in [2.05, 4.69) is 0 Å². The van der Waals surface area contributed by atoms with Crippen LogP contribution in [0.1, 0.15) is 0 Å². The van der Waals surface area contributed by atoms with Crippen LogP contribution in [0.4, 0.5) is 0 Å². The molecule has 0 aromatic heterocycles. The van der Waals surface area contributed by atoms with Gasteiger partial charge in [-0.1, -0.05) is 0 Å². The summed E-state index contributed by atoms with van der Waals surface area (Å²) in [5.41, 5.74) is 0. The van der Waals surface area contributed by atoms with Gasteiger partial charge in [-0.15, -0.1) is 0 Å². The summed E-state index contributed by atoms with van der Waals surface area (Å²) in [5, 5.41) is 0. The van der Waals surface area contributed by atoms with Crippen molar-refractivity contribution in [2.75, 3.05) is 0 Å². The Morgan fingerprint density at radius 3 is 0.304 bits per heavy atom. The third kappa shape index (κ3) is 1200. The zero-order chi connectivity index (χ0) is 18.0. The van der Waals surface area contributed by atoms with Crippen LogP contribution in [-0.2, 0) is 18.3 Å². The molecule has 0 fully saturated rings. The van der Waals surface area contributed by atoms with E-state index in [4.69, 9.17) is 77.0 Å². The summed E-state index contributed by atoms with van der Waals surface area (Å²) in [7, 11) is -21.6. The predicted molar refractivity (Wildman–Crippen MR) is 30.4 cm³/mol. The van der Waals surface area contributed by atoms with Crippen molar-refractivity contribution in [2.45, 2.75) is 0 Å². The Bertz CT molecular complexity index is 292. The van der Waals surface area contributed by atoms with Gasteiger partial charge in [0.15, 0.2) is 0 Å². The molecule has 0 spiro atoms. The van der Waals surface area contributed by atoms with Crippen molar-refractivity contribution < 1.29 is 165 Å². The van der Waals surface area contributed by atoms with E-state index in [1.54, 1.807) is 0 Å². The van der Waals surface area contributed by atoms with E-state index in [0.29, 0.717) is 0 Å². The van der Waals surface area contributed by atoms with Gasteiger partial charge >= 0.3 is 87.5 Å². The second-order valence-electron chi connectivity index (χ2n) is 1.79. The minimum atomic E-state index is -5.39. The molecule has 0 radical (unpaired) electrons. The first-order valence-electron chi connectivity index (χ1n) is 2.92. The van der Waals surface area contributed by atoms with Crippen LogP contribution in [0.3, 0.4) is 0 Å². The topological polar surface area (TPSA) is 345 Å². The van der Waals surface area contributed by atoms with Gasteiger partial charge in [0.05, 0.1) is 0 Å². The van der Waals surface area contributed by atoms with Crippen LogP contribution in [-0.4, -0.2) is 0 Å². The quantitative estimate of drug-likeness (QED) is 0.203. The average Bonchev–Trinajstić information content (AvgIpc) is 1.62. The third-order valence-corrected chi connectivity index (χ3v) is 0. The molecule has 0 heterocycles. The Kier molecular flexibility index (Phi) is 39.6. The Morgan fingerprint density at radius 1 is 0.304 bits per heavy atom. The molecule has 0 unspecified atom stereocenters. The molecule has 0 rings (SSSR count). The molecule has 134 valence electrons. The Labute approximate surface area is 193 Å². The van der Waals surface area contributed by atoms with Gasteiger partial charge in [0.1, 0.15) is 0 Å². The molecule has 0 aliphatic rings. The van der Waals surface area contributed by atoms with Crippen LogP contribution in [0.5, 0.6) is 0 Å². The number of rotatable bonds is 0. The van der Waals surface area contributed by atoms with Crippen molar-refractivity contribution in [1.29, 1.82) is 0 Å². The Balaban J connectivity index is -0.0000000284. The van der Waals surface area contributed by atoms with Gasteiger partial charge in [-0.05, 0) is 0 Å². The minimum Gasteiger partial charge on any atom is -0.822 e. The maximum atomic E-state index is 8.55. The molecular weight excluding hydrogens is 1110 g/mol. The molecule has 0 N–H and O–H groups in total. The molecular formula is O16P4Pu3. The summed E-state index contributed by atoms with van der Waals surface area (Å²) in [4.78, 5) is 103. The van der Waals surface area contributed by atoms with Crippen LogP contribution < -0.4 is 58.7 Å². The maximum absolute atomic E-state index is 8.55. The summed E-state index contributed by atoms with van der Waals surface area (Å²) in [5.74, 6) is 0. The number of hydrogen-bond acceptors (Lipinski definition) is 16. The van der Waals surface area contributed by atoms with Crippen molar-refractivity contribution in [2.24, 2.45) is 0 Å². The predicted octanol–water partition coefficient (Wildman–Crippen LogP) is -11.3. The van der Waals surface area contributed by atoms with Gasteiger partial charge in [0, 0.05) is 0 Å². The zero-order valence-corrected chi connectivity index (χ0v) is 23.3. The molecule has 0 saturated heterocycles. The van der Waals surface area contributed by atoms with Crippen molar-refractivity contribution in [3.63, 3.8) is 0 Å². The standard InChI is InChI=1S/4H3O4P.3Pu/c4*1-5(2,3)4;;;/h4*(H3,1,2,3,4);;;/q;;;;3*+4/p-12. The second-order valence-corrected chi connectivity index (χ2v) is 5.37. The van der Waals surface area contributed by atoms with E-state index in [9.17, 15) is 0 Å². The fourth-order valence-corrected chi connectivity index (χ4v) is 0. The third-order valence-electron chi connectivity index (χ3n) is 0. The summed E-state index contributed by atoms with van der Waals surface area (Å²) in [6.07, 6.45) is 0. The molecule has 0 atom stereocenters. The zero-order valence-electron chi connectivity index (χ0n) is 9.55. The largest absolute Gasteiger partial charge is 4.00 e. The summed E-state index contributed by atoms with van der Waals surface area (Å²) in [6.45, 7) is 0.